The number of carbonyl (C=O) groups excluding carboxylic acids is 3. The van der Waals surface area contributed by atoms with Gasteiger partial charge in [0.05, 0.1) is 0 Å². The zero-order valence-electron chi connectivity index (χ0n) is 39.7. The average Bonchev–Trinajstić information content (AvgIpc) is 3.21. The Morgan fingerprint density at radius 1 is 0.362 bits per heavy atom. The van der Waals surface area contributed by atoms with Gasteiger partial charge in [-0.2, -0.15) is 0 Å². The van der Waals surface area contributed by atoms with Crippen molar-refractivity contribution in [2.75, 3.05) is 13.2 Å². The van der Waals surface area contributed by atoms with E-state index in [9.17, 15) is 14.4 Å². The maximum atomic E-state index is 12.7. The average molecular weight is 821 g/mol. The van der Waals surface area contributed by atoms with Crippen molar-refractivity contribution in [2.45, 2.75) is 291 Å². The van der Waals surface area contributed by atoms with E-state index in [1.54, 1.807) is 0 Å². The number of unbranched alkanes of at least 4 members (excludes halogenated alkanes) is 30. The quantitative estimate of drug-likeness (QED) is 0.0346. The second-order valence-electron chi connectivity index (χ2n) is 18.5. The molecule has 6 nitrogen and oxygen atoms in total. The molecule has 0 aliphatic rings. The Kier molecular flexibility index (Phi) is 43.7. The highest BCUT2D eigenvalue weighted by Crippen LogP contribution is 2.18. The molecule has 0 bridgehead atoms. The van der Waals surface area contributed by atoms with Gasteiger partial charge in [-0.1, -0.05) is 247 Å². The number of ether oxygens (including phenoxy) is 3. The predicted octanol–water partition coefficient (Wildman–Crippen LogP) is 16.5. The van der Waals surface area contributed by atoms with Crippen LogP contribution in [0.25, 0.3) is 0 Å². The minimum Gasteiger partial charge on any atom is -0.462 e. The highest BCUT2D eigenvalue weighted by Gasteiger charge is 2.19. The molecule has 0 heterocycles. The molecule has 6 heteroatoms. The van der Waals surface area contributed by atoms with Crippen LogP contribution in [0.5, 0.6) is 0 Å². The molecule has 0 saturated carbocycles. The Morgan fingerprint density at radius 2 is 0.655 bits per heavy atom. The molecule has 0 aromatic carbocycles. The van der Waals surface area contributed by atoms with Crippen molar-refractivity contribution in [3.63, 3.8) is 0 Å². The van der Waals surface area contributed by atoms with Gasteiger partial charge < -0.3 is 14.2 Å². The number of carbonyl (C=O) groups is 3. The van der Waals surface area contributed by atoms with Crippen molar-refractivity contribution in [3.8, 4) is 0 Å². The van der Waals surface area contributed by atoms with Crippen LogP contribution in [0, 0.1) is 11.8 Å². The molecule has 0 amide bonds. The Morgan fingerprint density at radius 3 is 0.983 bits per heavy atom. The highest BCUT2D eigenvalue weighted by molar-refractivity contribution is 5.71. The van der Waals surface area contributed by atoms with Crippen LogP contribution in [0.4, 0.5) is 0 Å². The van der Waals surface area contributed by atoms with Crippen molar-refractivity contribution in [1.82, 2.24) is 0 Å². The molecule has 0 saturated heterocycles. The lowest BCUT2D eigenvalue weighted by Crippen LogP contribution is -2.30. The van der Waals surface area contributed by atoms with Gasteiger partial charge in [0.1, 0.15) is 13.2 Å². The number of esters is 3. The fourth-order valence-electron chi connectivity index (χ4n) is 7.78. The highest BCUT2D eigenvalue weighted by atomic mass is 16.6. The summed E-state index contributed by atoms with van der Waals surface area (Å²) in [6.07, 6.45) is 45.2. The smallest absolute Gasteiger partial charge is 0.306 e. The Labute approximate surface area is 361 Å². The molecule has 0 aromatic rings. The molecule has 0 fully saturated rings. The fourth-order valence-corrected chi connectivity index (χ4v) is 7.78. The third-order valence-electron chi connectivity index (χ3n) is 12.1. The van der Waals surface area contributed by atoms with Crippen LogP contribution in [0.3, 0.4) is 0 Å². The van der Waals surface area contributed by atoms with Crippen LogP contribution in [-0.4, -0.2) is 37.2 Å². The van der Waals surface area contributed by atoms with E-state index in [-0.39, 0.29) is 31.1 Å². The maximum Gasteiger partial charge on any atom is 0.306 e. The van der Waals surface area contributed by atoms with E-state index in [2.05, 4.69) is 34.6 Å². The normalized spacial score (nSPS) is 12.5. The summed E-state index contributed by atoms with van der Waals surface area (Å²) in [5.41, 5.74) is 0. The molecule has 1 unspecified atom stereocenters. The Bertz CT molecular complexity index is 887. The molecule has 344 valence electrons. The molecule has 0 aromatic heterocycles. The summed E-state index contributed by atoms with van der Waals surface area (Å²) < 4.78 is 16.8. The summed E-state index contributed by atoms with van der Waals surface area (Å²) in [5, 5.41) is 0. The first kappa shape index (κ1) is 56.4. The molecular formula is C52H100O6. The van der Waals surface area contributed by atoms with E-state index in [0.29, 0.717) is 19.3 Å². The van der Waals surface area contributed by atoms with Gasteiger partial charge in [-0.05, 0) is 31.1 Å². The van der Waals surface area contributed by atoms with Gasteiger partial charge in [-0.15, -0.1) is 0 Å². The number of rotatable bonds is 46. The van der Waals surface area contributed by atoms with E-state index in [4.69, 9.17) is 14.2 Å². The summed E-state index contributed by atoms with van der Waals surface area (Å²) in [7, 11) is 0. The first-order chi connectivity index (χ1) is 28.3. The Balaban J connectivity index is 4.22. The van der Waals surface area contributed by atoms with Gasteiger partial charge >= 0.3 is 17.9 Å². The number of hydrogen-bond donors (Lipinski definition) is 0. The summed E-state index contributed by atoms with van der Waals surface area (Å²) in [4.78, 5) is 37.8. The van der Waals surface area contributed by atoms with E-state index < -0.39 is 6.10 Å². The maximum absolute atomic E-state index is 12.7. The van der Waals surface area contributed by atoms with Crippen molar-refractivity contribution < 1.29 is 28.6 Å². The zero-order chi connectivity index (χ0) is 42.6. The van der Waals surface area contributed by atoms with E-state index in [0.717, 1.165) is 69.6 Å². The summed E-state index contributed by atoms with van der Waals surface area (Å²) in [5.74, 6) is 0.810. The van der Waals surface area contributed by atoms with Crippen LogP contribution < -0.4 is 0 Å². The second kappa shape index (κ2) is 44.9. The molecule has 0 rings (SSSR count). The summed E-state index contributed by atoms with van der Waals surface area (Å²) >= 11 is 0. The minimum atomic E-state index is -0.761. The molecule has 0 spiro atoms. The molecule has 0 N–H and O–H groups in total. The largest absolute Gasteiger partial charge is 0.462 e. The SMILES string of the molecule is CCCCCCCCCCCCCC(=O)OC[C@H](COC(=O)CCCCCCCCCCCCCCCCCCC(C)C)OC(=O)CCCCCCCCC(C)CC. The first-order valence-electron chi connectivity index (χ1n) is 25.8. The topological polar surface area (TPSA) is 78.9 Å². The monoisotopic (exact) mass is 821 g/mol. The third-order valence-corrected chi connectivity index (χ3v) is 12.1. The van der Waals surface area contributed by atoms with Crippen LogP contribution in [0.15, 0.2) is 0 Å². The molecule has 0 aliphatic carbocycles. The molecule has 58 heavy (non-hydrogen) atoms. The lowest BCUT2D eigenvalue weighted by molar-refractivity contribution is -0.167. The van der Waals surface area contributed by atoms with Crippen LogP contribution in [0.2, 0.25) is 0 Å². The first-order valence-corrected chi connectivity index (χ1v) is 25.8. The van der Waals surface area contributed by atoms with Crippen LogP contribution in [0.1, 0.15) is 285 Å². The van der Waals surface area contributed by atoms with Crippen LogP contribution in [-0.2, 0) is 28.6 Å². The fraction of sp³-hybridized carbons (Fsp3) is 0.942. The Hall–Kier alpha value is -1.59. The summed E-state index contributed by atoms with van der Waals surface area (Å²) in [6, 6.07) is 0. The van der Waals surface area contributed by atoms with Crippen molar-refractivity contribution in [3.05, 3.63) is 0 Å². The van der Waals surface area contributed by atoms with E-state index >= 15 is 0 Å². The van der Waals surface area contributed by atoms with E-state index in [1.807, 2.05) is 0 Å². The van der Waals surface area contributed by atoms with Gasteiger partial charge in [0.2, 0.25) is 0 Å². The molecule has 2 atom stereocenters. The van der Waals surface area contributed by atoms with Crippen molar-refractivity contribution in [1.29, 1.82) is 0 Å². The van der Waals surface area contributed by atoms with Crippen LogP contribution >= 0.6 is 0 Å². The molecular weight excluding hydrogens is 721 g/mol. The lowest BCUT2D eigenvalue weighted by Gasteiger charge is -2.18. The lowest BCUT2D eigenvalue weighted by atomic mass is 10.00. The molecule has 0 aliphatic heterocycles. The number of hydrogen-bond acceptors (Lipinski definition) is 6. The van der Waals surface area contributed by atoms with Gasteiger partial charge in [0.25, 0.3) is 0 Å². The predicted molar refractivity (Wildman–Crippen MR) is 247 cm³/mol. The second-order valence-corrected chi connectivity index (χ2v) is 18.5. The van der Waals surface area contributed by atoms with Crippen molar-refractivity contribution in [2.24, 2.45) is 11.8 Å². The third kappa shape index (κ3) is 44.0. The van der Waals surface area contributed by atoms with Crippen molar-refractivity contribution >= 4 is 17.9 Å². The summed E-state index contributed by atoms with van der Waals surface area (Å²) in [6.45, 7) is 11.4. The van der Waals surface area contributed by atoms with E-state index in [1.165, 1.54) is 173 Å². The standard InChI is InChI=1S/C52H100O6/c1-6-8-9-10-11-12-19-23-26-32-37-42-50(53)56-45-49(58-52(55)44-39-34-29-28-31-36-41-48(5)7-2)46-57-51(54)43-38-33-27-24-21-18-16-14-13-15-17-20-22-25-30-35-40-47(3)4/h47-49H,6-46H2,1-5H3/t48?,49-/m1/s1. The van der Waals surface area contributed by atoms with Gasteiger partial charge in [-0.25, -0.2) is 0 Å². The zero-order valence-corrected chi connectivity index (χ0v) is 39.7. The van der Waals surface area contributed by atoms with Gasteiger partial charge in [-0.3, -0.25) is 14.4 Å². The van der Waals surface area contributed by atoms with Gasteiger partial charge in [0.15, 0.2) is 6.10 Å². The minimum absolute atomic E-state index is 0.0646. The molecule has 0 radical (unpaired) electrons. The van der Waals surface area contributed by atoms with Gasteiger partial charge in [0, 0.05) is 19.3 Å².